The van der Waals surface area contributed by atoms with Crippen molar-refractivity contribution in [2.45, 2.75) is 6.10 Å². The number of aliphatic hydroxyl groups is 1. The van der Waals surface area contributed by atoms with Crippen LogP contribution in [0.25, 0.3) is 11.0 Å². The van der Waals surface area contributed by atoms with Gasteiger partial charge in [-0.1, -0.05) is 30.3 Å². The van der Waals surface area contributed by atoms with Crippen molar-refractivity contribution in [2.24, 2.45) is 0 Å². The van der Waals surface area contributed by atoms with E-state index in [1.165, 1.54) is 0 Å². The maximum atomic E-state index is 10.2. The number of nitrogens with zero attached hydrogens (tertiary/aromatic N) is 2. The topological polar surface area (TPSA) is 61.8 Å². The summed E-state index contributed by atoms with van der Waals surface area (Å²) in [5.41, 5.74) is 2.46. The molecule has 3 aromatic rings. The van der Waals surface area contributed by atoms with E-state index in [1.54, 1.807) is 12.4 Å². The predicted octanol–water partition coefficient (Wildman–Crippen LogP) is 2.04. The van der Waals surface area contributed by atoms with Crippen molar-refractivity contribution in [1.29, 1.82) is 0 Å². The quantitative estimate of drug-likeness (QED) is 0.701. The molecule has 0 bridgehead atoms. The molecule has 4 heteroatoms. The number of hydrogen-bond donors (Lipinski definition) is 2. The lowest BCUT2D eigenvalue weighted by Gasteiger charge is -2.06. The van der Waals surface area contributed by atoms with E-state index >= 15 is 0 Å². The molecule has 4 nitrogen and oxygen atoms in total. The molecule has 0 amide bonds. The van der Waals surface area contributed by atoms with Gasteiger partial charge in [0.2, 0.25) is 0 Å². The highest BCUT2D eigenvalue weighted by Crippen LogP contribution is 2.21. The molecule has 0 saturated heterocycles. The van der Waals surface area contributed by atoms with E-state index < -0.39 is 6.10 Å². The van der Waals surface area contributed by atoms with Crippen molar-refractivity contribution in [3.05, 3.63) is 60.2 Å². The summed E-state index contributed by atoms with van der Waals surface area (Å²) in [4.78, 5) is 11.4. The first-order valence-corrected chi connectivity index (χ1v) is 5.37. The summed E-state index contributed by atoms with van der Waals surface area (Å²) >= 11 is 0. The largest absolute Gasteiger partial charge is 0.380 e. The van der Waals surface area contributed by atoms with Crippen LogP contribution in [-0.2, 0) is 0 Å². The number of nitrogens with one attached hydrogen (secondary N) is 1. The number of aromatic amines is 1. The van der Waals surface area contributed by atoms with Crippen LogP contribution in [-0.4, -0.2) is 20.1 Å². The second-order valence-electron chi connectivity index (χ2n) is 3.83. The van der Waals surface area contributed by atoms with Crippen molar-refractivity contribution in [3.8, 4) is 0 Å². The van der Waals surface area contributed by atoms with E-state index in [1.807, 2.05) is 36.4 Å². The Hall–Kier alpha value is -2.20. The van der Waals surface area contributed by atoms with Crippen molar-refractivity contribution in [2.75, 3.05) is 0 Å². The van der Waals surface area contributed by atoms with Crippen LogP contribution in [0.4, 0.5) is 0 Å². The molecule has 1 aromatic carbocycles. The molecular formula is C13H11N3O. The number of fused-ring (bicyclic) bond motifs is 1. The lowest BCUT2D eigenvalue weighted by Crippen LogP contribution is -2.01. The Labute approximate surface area is 98.0 Å². The fraction of sp³-hybridized carbons (Fsp3) is 0.0769. The van der Waals surface area contributed by atoms with Gasteiger partial charge in [0, 0.05) is 6.20 Å². The van der Waals surface area contributed by atoms with Crippen molar-refractivity contribution in [1.82, 2.24) is 15.0 Å². The maximum Gasteiger partial charge on any atom is 0.140 e. The highest BCUT2D eigenvalue weighted by Gasteiger charge is 2.14. The lowest BCUT2D eigenvalue weighted by atomic mass is 10.1. The summed E-state index contributed by atoms with van der Waals surface area (Å²) in [7, 11) is 0. The molecule has 17 heavy (non-hydrogen) atoms. The minimum atomic E-state index is -0.733. The number of aromatic nitrogens is 3. The smallest absolute Gasteiger partial charge is 0.140 e. The molecule has 0 aliphatic heterocycles. The third-order valence-electron chi connectivity index (χ3n) is 2.68. The molecule has 2 heterocycles. The molecule has 0 aliphatic rings. The molecule has 1 atom stereocenters. The lowest BCUT2D eigenvalue weighted by molar-refractivity contribution is 0.211. The summed E-state index contributed by atoms with van der Waals surface area (Å²) in [6, 6.07) is 11.3. The van der Waals surface area contributed by atoms with Gasteiger partial charge in [0.15, 0.2) is 0 Å². The van der Waals surface area contributed by atoms with Crippen LogP contribution in [0.5, 0.6) is 0 Å². The Kier molecular flexibility index (Phi) is 2.34. The summed E-state index contributed by atoms with van der Waals surface area (Å²) in [5.74, 6) is 0.541. The van der Waals surface area contributed by atoms with Crippen LogP contribution < -0.4 is 0 Å². The minimum Gasteiger partial charge on any atom is -0.380 e. The zero-order valence-corrected chi connectivity index (χ0v) is 9.04. The van der Waals surface area contributed by atoms with Crippen molar-refractivity contribution < 1.29 is 5.11 Å². The SMILES string of the molecule is O[C@@H](c1ccccc1)c1nc2ccncc2[nH]1. The van der Waals surface area contributed by atoms with Crippen LogP contribution in [0.1, 0.15) is 17.5 Å². The molecule has 0 radical (unpaired) electrons. The van der Waals surface area contributed by atoms with Gasteiger partial charge < -0.3 is 10.1 Å². The minimum absolute atomic E-state index is 0.541. The summed E-state index contributed by atoms with van der Waals surface area (Å²) in [6.45, 7) is 0. The van der Waals surface area contributed by atoms with E-state index in [2.05, 4.69) is 15.0 Å². The van der Waals surface area contributed by atoms with E-state index in [4.69, 9.17) is 0 Å². The molecule has 2 N–H and O–H groups in total. The number of H-pyrrole nitrogens is 1. The predicted molar refractivity (Wildman–Crippen MR) is 64.4 cm³/mol. The van der Waals surface area contributed by atoms with Gasteiger partial charge in [0.25, 0.3) is 0 Å². The normalized spacial score (nSPS) is 12.8. The Balaban J connectivity index is 2.04. The number of rotatable bonds is 2. The van der Waals surface area contributed by atoms with E-state index in [0.717, 1.165) is 16.6 Å². The average molecular weight is 225 g/mol. The highest BCUT2D eigenvalue weighted by molar-refractivity contribution is 5.73. The fourth-order valence-corrected chi connectivity index (χ4v) is 1.80. The standard InChI is InChI=1S/C13H11N3O/c17-12(9-4-2-1-3-5-9)13-15-10-6-7-14-8-11(10)16-13/h1-8,12,17H,(H,15,16)/t12-/m0/s1. The van der Waals surface area contributed by atoms with Crippen molar-refractivity contribution >= 4 is 11.0 Å². The molecule has 2 aromatic heterocycles. The molecule has 84 valence electrons. The van der Waals surface area contributed by atoms with E-state index in [9.17, 15) is 5.11 Å². The molecule has 3 rings (SSSR count). The Morgan fingerprint density at radius 1 is 1.12 bits per heavy atom. The molecular weight excluding hydrogens is 214 g/mol. The van der Waals surface area contributed by atoms with Gasteiger partial charge in [-0.3, -0.25) is 4.98 Å². The molecule has 0 saturated carbocycles. The first-order valence-electron chi connectivity index (χ1n) is 5.37. The van der Waals surface area contributed by atoms with Gasteiger partial charge in [-0.05, 0) is 11.6 Å². The van der Waals surface area contributed by atoms with Crippen LogP contribution in [0, 0.1) is 0 Å². The fourth-order valence-electron chi connectivity index (χ4n) is 1.80. The van der Waals surface area contributed by atoms with Gasteiger partial charge in [0.05, 0.1) is 17.2 Å². The van der Waals surface area contributed by atoms with Gasteiger partial charge in [-0.2, -0.15) is 0 Å². The van der Waals surface area contributed by atoms with Gasteiger partial charge in [-0.25, -0.2) is 4.98 Å². The summed E-state index contributed by atoms with van der Waals surface area (Å²) in [6.07, 6.45) is 2.65. The zero-order chi connectivity index (χ0) is 11.7. The number of aliphatic hydroxyl groups excluding tert-OH is 1. The summed E-state index contributed by atoms with van der Waals surface area (Å²) < 4.78 is 0. The first kappa shape index (κ1) is 9.99. The number of pyridine rings is 1. The van der Waals surface area contributed by atoms with Crippen LogP contribution in [0.2, 0.25) is 0 Å². The average Bonchev–Trinajstić information content (AvgIpc) is 2.82. The van der Waals surface area contributed by atoms with Crippen LogP contribution in [0.15, 0.2) is 48.8 Å². The molecule has 0 spiro atoms. The van der Waals surface area contributed by atoms with E-state index in [0.29, 0.717) is 5.82 Å². The maximum absolute atomic E-state index is 10.2. The van der Waals surface area contributed by atoms with Crippen molar-refractivity contribution in [3.63, 3.8) is 0 Å². The summed E-state index contributed by atoms with van der Waals surface area (Å²) in [5, 5.41) is 10.2. The zero-order valence-electron chi connectivity index (χ0n) is 9.04. The second kappa shape index (κ2) is 3.99. The number of hydrogen-bond acceptors (Lipinski definition) is 3. The monoisotopic (exact) mass is 225 g/mol. The molecule has 0 unspecified atom stereocenters. The number of imidazole rings is 1. The third-order valence-corrected chi connectivity index (χ3v) is 2.68. The van der Waals surface area contributed by atoms with E-state index in [-0.39, 0.29) is 0 Å². The first-order chi connectivity index (χ1) is 8.34. The Bertz CT molecular complexity index is 600. The van der Waals surface area contributed by atoms with Gasteiger partial charge in [0.1, 0.15) is 11.9 Å². The highest BCUT2D eigenvalue weighted by atomic mass is 16.3. The van der Waals surface area contributed by atoms with Gasteiger partial charge >= 0.3 is 0 Å². The van der Waals surface area contributed by atoms with Crippen LogP contribution in [0.3, 0.4) is 0 Å². The third kappa shape index (κ3) is 1.79. The molecule has 0 fully saturated rings. The molecule has 0 aliphatic carbocycles. The number of benzene rings is 1. The Morgan fingerprint density at radius 2 is 1.94 bits per heavy atom. The van der Waals surface area contributed by atoms with Gasteiger partial charge in [-0.15, -0.1) is 0 Å². The second-order valence-corrected chi connectivity index (χ2v) is 3.83. The Morgan fingerprint density at radius 3 is 2.71 bits per heavy atom. The van der Waals surface area contributed by atoms with Crippen LogP contribution >= 0.6 is 0 Å².